The normalized spacial score (nSPS) is 12.3. The zero-order chi connectivity index (χ0) is 23.7. The molecule has 174 valence electrons. The Labute approximate surface area is 193 Å². The van der Waals surface area contributed by atoms with Crippen LogP contribution in [0.15, 0.2) is 54.6 Å². The molecule has 2 amide bonds. The van der Waals surface area contributed by atoms with Crippen LogP contribution in [0.5, 0.6) is 5.75 Å². The molecule has 0 heterocycles. The van der Waals surface area contributed by atoms with Crippen LogP contribution in [0, 0.1) is 5.92 Å². The lowest BCUT2D eigenvalue weighted by atomic mass is 9.87. The van der Waals surface area contributed by atoms with Gasteiger partial charge in [-0.25, -0.2) is 0 Å². The number of hydrogen-bond donors (Lipinski definition) is 1. The van der Waals surface area contributed by atoms with Crippen molar-refractivity contribution < 1.29 is 14.3 Å². The van der Waals surface area contributed by atoms with Gasteiger partial charge in [0.25, 0.3) is 5.91 Å². The molecular formula is C27H38N2O3. The molecule has 0 aromatic heterocycles. The molecule has 0 unspecified atom stereocenters. The Morgan fingerprint density at radius 1 is 1.00 bits per heavy atom. The Morgan fingerprint density at radius 2 is 1.62 bits per heavy atom. The van der Waals surface area contributed by atoms with Crippen LogP contribution in [-0.4, -0.2) is 35.9 Å². The molecule has 5 nitrogen and oxygen atoms in total. The third-order valence-electron chi connectivity index (χ3n) is 5.35. The highest BCUT2D eigenvalue weighted by Crippen LogP contribution is 2.24. The molecule has 0 saturated heterocycles. The standard InChI is InChI=1S/C27H38N2O3/c1-7-24(26(31)28-17-20(2)3)29(18-21-11-9-8-10-12-21)25(30)19-32-23-15-13-22(14-16-23)27(4,5)6/h8-16,20,24H,7,17-19H2,1-6H3,(H,28,31)/t24-/m0/s1. The van der Waals surface area contributed by atoms with Crippen LogP contribution in [0.4, 0.5) is 0 Å². The molecule has 1 atom stereocenters. The molecule has 1 N–H and O–H groups in total. The van der Waals surface area contributed by atoms with Gasteiger partial charge in [0.05, 0.1) is 0 Å². The van der Waals surface area contributed by atoms with Crippen molar-refractivity contribution in [2.75, 3.05) is 13.2 Å². The summed E-state index contributed by atoms with van der Waals surface area (Å²) in [6, 6.07) is 17.0. The maximum absolute atomic E-state index is 13.2. The number of carbonyl (C=O) groups is 2. The summed E-state index contributed by atoms with van der Waals surface area (Å²) < 4.78 is 5.80. The molecule has 5 heteroatoms. The van der Waals surface area contributed by atoms with Gasteiger partial charge in [-0.3, -0.25) is 9.59 Å². The number of nitrogens with zero attached hydrogens (tertiary/aromatic N) is 1. The van der Waals surface area contributed by atoms with Gasteiger partial charge in [-0.05, 0) is 41.0 Å². The number of ether oxygens (including phenoxy) is 1. The Morgan fingerprint density at radius 3 is 2.16 bits per heavy atom. The first-order valence-electron chi connectivity index (χ1n) is 11.5. The van der Waals surface area contributed by atoms with Gasteiger partial charge < -0.3 is 15.0 Å². The number of benzene rings is 2. The van der Waals surface area contributed by atoms with E-state index in [1.54, 1.807) is 4.90 Å². The lowest BCUT2D eigenvalue weighted by Crippen LogP contribution is -2.50. The second-order valence-electron chi connectivity index (χ2n) is 9.63. The zero-order valence-electron chi connectivity index (χ0n) is 20.4. The predicted octanol–water partition coefficient (Wildman–Crippen LogP) is 4.94. The molecule has 0 aliphatic rings. The smallest absolute Gasteiger partial charge is 0.261 e. The van der Waals surface area contributed by atoms with Crippen molar-refractivity contribution in [1.82, 2.24) is 10.2 Å². The number of nitrogens with one attached hydrogen (secondary N) is 1. The lowest BCUT2D eigenvalue weighted by Gasteiger charge is -2.30. The minimum atomic E-state index is -0.548. The van der Waals surface area contributed by atoms with Crippen molar-refractivity contribution in [2.45, 2.75) is 66.0 Å². The zero-order valence-corrected chi connectivity index (χ0v) is 20.4. The van der Waals surface area contributed by atoms with Crippen LogP contribution in [0.2, 0.25) is 0 Å². The quantitative estimate of drug-likeness (QED) is 0.571. The highest BCUT2D eigenvalue weighted by Gasteiger charge is 2.29. The molecule has 32 heavy (non-hydrogen) atoms. The summed E-state index contributed by atoms with van der Waals surface area (Å²) in [6.07, 6.45) is 0.531. The highest BCUT2D eigenvalue weighted by molar-refractivity contribution is 5.88. The third-order valence-corrected chi connectivity index (χ3v) is 5.35. The summed E-state index contributed by atoms with van der Waals surface area (Å²) in [5.41, 5.74) is 2.23. The van der Waals surface area contributed by atoms with E-state index in [0.717, 1.165) is 5.56 Å². The third kappa shape index (κ3) is 7.70. The highest BCUT2D eigenvalue weighted by atomic mass is 16.5. The van der Waals surface area contributed by atoms with Crippen molar-refractivity contribution in [3.8, 4) is 5.75 Å². The fraction of sp³-hybridized carbons (Fsp3) is 0.481. The van der Waals surface area contributed by atoms with Crippen molar-refractivity contribution in [1.29, 1.82) is 0 Å². The molecular weight excluding hydrogens is 400 g/mol. The van der Waals surface area contributed by atoms with E-state index < -0.39 is 6.04 Å². The summed E-state index contributed by atoms with van der Waals surface area (Å²) in [5, 5.41) is 2.97. The predicted molar refractivity (Wildman–Crippen MR) is 130 cm³/mol. The first-order valence-corrected chi connectivity index (χ1v) is 11.5. The second-order valence-corrected chi connectivity index (χ2v) is 9.63. The molecule has 0 aliphatic heterocycles. The monoisotopic (exact) mass is 438 g/mol. The van der Waals surface area contributed by atoms with E-state index in [-0.39, 0.29) is 23.8 Å². The summed E-state index contributed by atoms with van der Waals surface area (Å²) in [7, 11) is 0. The number of carbonyl (C=O) groups excluding carboxylic acids is 2. The van der Waals surface area contributed by atoms with Crippen LogP contribution in [0.1, 0.15) is 59.1 Å². The minimum Gasteiger partial charge on any atom is -0.484 e. The van der Waals surface area contributed by atoms with Gasteiger partial charge in [-0.15, -0.1) is 0 Å². The molecule has 2 rings (SSSR count). The largest absolute Gasteiger partial charge is 0.484 e. The van der Waals surface area contributed by atoms with Crippen LogP contribution in [0.25, 0.3) is 0 Å². The molecule has 0 saturated carbocycles. The fourth-order valence-corrected chi connectivity index (χ4v) is 3.40. The fourth-order valence-electron chi connectivity index (χ4n) is 3.40. The van der Waals surface area contributed by atoms with Crippen molar-refractivity contribution in [3.05, 3.63) is 65.7 Å². The van der Waals surface area contributed by atoms with Gasteiger partial charge in [-0.1, -0.05) is 84.0 Å². The van der Waals surface area contributed by atoms with Crippen LogP contribution in [0.3, 0.4) is 0 Å². The van der Waals surface area contributed by atoms with Crippen LogP contribution in [-0.2, 0) is 21.5 Å². The van der Waals surface area contributed by atoms with Crippen LogP contribution >= 0.6 is 0 Å². The van der Waals surface area contributed by atoms with Crippen molar-refractivity contribution >= 4 is 11.8 Å². The van der Waals surface area contributed by atoms with E-state index in [4.69, 9.17) is 4.74 Å². The van der Waals surface area contributed by atoms with E-state index in [9.17, 15) is 9.59 Å². The first kappa shape index (κ1) is 25.4. The Balaban J connectivity index is 2.14. The van der Waals surface area contributed by atoms with Gasteiger partial charge in [0.1, 0.15) is 11.8 Å². The van der Waals surface area contributed by atoms with Gasteiger partial charge in [-0.2, -0.15) is 0 Å². The van der Waals surface area contributed by atoms with E-state index >= 15 is 0 Å². The van der Waals surface area contributed by atoms with E-state index in [0.29, 0.717) is 31.2 Å². The van der Waals surface area contributed by atoms with Gasteiger partial charge in [0.15, 0.2) is 6.61 Å². The van der Waals surface area contributed by atoms with Crippen LogP contribution < -0.4 is 10.1 Å². The van der Waals surface area contributed by atoms with E-state index in [1.807, 2.05) is 75.4 Å². The molecule has 0 bridgehead atoms. The summed E-state index contributed by atoms with van der Waals surface area (Å²) >= 11 is 0. The first-order chi connectivity index (χ1) is 15.1. The average molecular weight is 439 g/mol. The number of amides is 2. The van der Waals surface area contributed by atoms with Crippen molar-refractivity contribution in [2.24, 2.45) is 5.92 Å². The lowest BCUT2D eigenvalue weighted by molar-refractivity contribution is -0.143. The summed E-state index contributed by atoms with van der Waals surface area (Å²) in [5.74, 6) is 0.651. The average Bonchev–Trinajstić information content (AvgIpc) is 2.76. The second kappa shape index (κ2) is 11.7. The molecule has 0 fully saturated rings. The summed E-state index contributed by atoms with van der Waals surface area (Å²) in [4.78, 5) is 27.7. The molecule has 2 aromatic carbocycles. The van der Waals surface area contributed by atoms with Gasteiger partial charge in [0.2, 0.25) is 5.91 Å². The minimum absolute atomic E-state index is 0.0541. The van der Waals surface area contributed by atoms with Crippen molar-refractivity contribution in [3.63, 3.8) is 0 Å². The maximum atomic E-state index is 13.2. The molecule has 0 spiro atoms. The maximum Gasteiger partial charge on any atom is 0.261 e. The molecule has 0 aliphatic carbocycles. The van der Waals surface area contributed by atoms with Gasteiger partial charge in [0, 0.05) is 13.1 Å². The van der Waals surface area contributed by atoms with Gasteiger partial charge >= 0.3 is 0 Å². The summed E-state index contributed by atoms with van der Waals surface area (Å²) in [6.45, 7) is 13.3. The van der Waals surface area contributed by atoms with E-state index in [1.165, 1.54) is 5.56 Å². The molecule has 0 radical (unpaired) electrons. The topological polar surface area (TPSA) is 58.6 Å². The Kier molecular flexibility index (Phi) is 9.30. The Bertz CT molecular complexity index is 855. The van der Waals surface area contributed by atoms with E-state index in [2.05, 4.69) is 26.1 Å². The Hall–Kier alpha value is -2.82. The number of rotatable bonds is 10. The SMILES string of the molecule is CC[C@@H](C(=O)NCC(C)C)N(Cc1ccccc1)C(=O)COc1ccc(C(C)(C)C)cc1. The molecule has 2 aromatic rings. The number of hydrogen-bond acceptors (Lipinski definition) is 3.